The molecule has 0 aliphatic carbocycles. The molecule has 1 fully saturated rings. The van der Waals surface area contributed by atoms with Crippen LogP contribution >= 0.6 is 0 Å². The Bertz CT molecular complexity index is 478. The zero-order chi connectivity index (χ0) is 13.3. The quantitative estimate of drug-likeness (QED) is 0.850. The third-order valence-electron chi connectivity index (χ3n) is 2.62. The number of cyclic esters (lactones) is 1. The molecule has 5 nitrogen and oxygen atoms in total. The Kier molecular flexibility index (Phi) is 2.98. The van der Waals surface area contributed by atoms with E-state index in [4.69, 9.17) is 4.74 Å². The van der Waals surface area contributed by atoms with Crippen molar-refractivity contribution in [2.24, 2.45) is 0 Å². The number of phenols is 1. The van der Waals surface area contributed by atoms with Crippen LogP contribution in [0.3, 0.4) is 0 Å². The van der Waals surface area contributed by atoms with Gasteiger partial charge in [0, 0.05) is 0 Å². The zero-order valence-electron chi connectivity index (χ0n) is 9.44. The largest absolute Gasteiger partial charge is 0.504 e. The second-order valence-electron chi connectivity index (χ2n) is 3.85. The summed E-state index contributed by atoms with van der Waals surface area (Å²) in [7, 11) is 1.35. The van der Waals surface area contributed by atoms with Crippen molar-refractivity contribution in [3.05, 3.63) is 23.8 Å². The highest BCUT2D eigenvalue weighted by atomic mass is 19.3. The second kappa shape index (κ2) is 4.32. The summed E-state index contributed by atoms with van der Waals surface area (Å²) in [5.41, 5.74) is 0.0787. The first-order valence-corrected chi connectivity index (χ1v) is 5.12. The minimum absolute atomic E-state index is 0.0787. The molecule has 0 spiro atoms. The summed E-state index contributed by atoms with van der Waals surface area (Å²) in [6.07, 6.45) is -0.916. The molecule has 98 valence electrons. The van der Waals surface area contributed by atoms with Crippen LogP contribution in [-0.4, -0.2) is 30.8 Å². The molecule has 1 aromatic rings. The molecule has 1 amide bonds. The monoisotopic (exact) mass is 259 g/mol. The van der Waals surface area contributed by atoms with Crippen molar-refractivity contribution in [1.82, 2.24) is 5.32 Å². The fourth-order valence-corrected chi connectivity index (χ4v) is 1.72. The van der Waals surface area contributed by atoms with Crippen LogP contribution in [0.2, 0.25) is 0 Å². The molecule has 18 heavy (non-hydrogen) atoms. The summed E-state index contributed by atoms with van der Waals surface area (Å²) in [5.74, 6) is -3.35. The number of carbonyl (C=O) groups is 1. The number of halogens is 2. The molecule has 0 unspecified atom stereocenters. The van der Waals surface area contributed by atoms with Crippen LogP contribution in [0.4, 0.5) is 13.6 Å². The summed E-state index contributed by atoms with van der Waals surface area (Å²) in [6, 6.07) is 2.30. The molecule has 7 heteroatoms. The number of hydrogen-bond acceptors (Lipinski definition) is 4. The first-order chi connectivity index (χ1) is 8.44. The van der Waals surface area contributed by atoms with Crippen LogP contribution in [0.1, 0.15) is 11.6 Å². The summed E-state index contributed by atoms with van der Waals surface area (Å²) in [4.78, 5) is 11.0. The van der Waals surface area contributed by atoms with Gasteiger partial charge in [-0.25, -0.2) is 13.6 Å². The van der Waals surface area contributed by atoms with Gasteiger partial charge in [0.2, 0.25) is 0 Å². The number of rotatable bonds is 2. The Hall–Kier alpha value is -2.05. The number of aromatic hydroxyl groups is 1. The lowest BCUT2D eigenvalue weighted by atomic mass is 9.99. The normalized spacial score (nSPS) is 21.9. The molecule has 1 atom stereocenters. The van der Waals surface area contributed by atoms with E-state index in [2.05, 4.69) is 4.74 Å². The highest BCUT2D eigenvalue weighted by molar-refractivity contribution is 5.69. The fraction of sp³-hybridized carbons (Fsp3) is 0.364. The summed E-state index contributed by atoms with van der Waals surface area (Å²) in [5, 5.41) is 11.6. The summed E-state index contributed by atoms with van der Waals surface area (Å²) >= 11 is 0. The third kappa shape index (κ3) is 2.15. The van der Waals surface area contributed by atoms with Crippen molar-refractivity contribution in [3.8, 4) is 11.5 Å². The highest BCUT2D eigenvalue weighted by Gasteiger charge is 2.46. The van der Waals surface area contributed by atoms with Gasteiger partial charge in [0.15, 0.2) is 18.1 Å². The molecule has 2 N–H and O–H groups in total. The molecule has 1 aliphatic rings. The molecule has 1 aromatic carbocycles. The Morgan fingerprint density at radius 2 is 2.28 bits per heavy atom. The average Bonchev–Trinajstić information content (AvgIpc) is 2.32. The number of benzene rings is 1. The molecule has 1 saturated heterocycles. The molecule has 2 rings (SSSR count). The number of carbonyl (C=O) groups excluding carboxylic acids is 1. The number of nitrogens with one attached hydrogen (secondary N) is 1. The van der Waals surface area contributed by atoms with Crippen molar-refractivity contribution in [2.45, 2.75) is 12.0 Å². The summed E-state index contributed by atoms with van der Waals surface area (Å²) in [6.45, 7) is -0.990. The molecule has 0 bridgehead atoms. The topological polar surface area (TPSA) is 67.8 Å². The molecule has 0 aromatic heterocycles. The minimum Gasteiger partial charge on any atom is -0.504 e. The van der Waals surface area contributed by atoms with Gasteiger partial charge in [0.05, 0.1) is 7.11 Å². The Morgan fingerprint density at radius 3 is 2.89 bits per heavy atom. The maximum absolute atomic E-state index is 13.6. The Labute approximate surface area is 101 Å². The van der Waals surface area contributed by atoms with Gasteiger partial charge >= 0.3 is 12.0 Å². The fourth-order valence-electron chi connectivity index (χ4n) is 1.72. The highest BCUT2D eigenvalue weighted by Crippen LogP contribution is 2.37. The predicted molar refractivity (Wildman–Crippen MR) is 56.8 cm³/mol. The number of methoxy groups -OCH3 is 1. The van der Waals surface area contributed by atoms with Gasteiger partial charge in [0.25, 0.3) is 0 Å². The van der Waals surface area contributed by atoms with Crippen molar-refractivity contribution < 1.29 is 28.2 Å². The SMILES string of the molecule is COc1ccc([C@H]2NC(=O)OCC2(F)F)cc1O. The van der Waals surface area contributed by atoms with E-state index in [1.165, 1.54) is 19.2 Å². The Morgan fingerprint density at radius 1 is 1.56 bits per heavy atom. The first kappa shape index (κ1) is 12.4. The van der Waals surface area contributed by atoms with Gasteiger partial charge in [-0.3, -0.25) is 0 Å². The van der Waals surface area contributed by atoms with E-state index >= 15 is 0 Å². The van der Waals surface area contributed by atoms with Crippen LogP contribution in [0.25, 0.3) is 0 Å². The van der Waals surface area contributed by atoms with E-state index in [1.807, 2.05) is 5.32 Å². The van der Waals surface area contributed by atoms with E-state index in [1.54, 1.807) is 0 Å². The molecular weight excluding hydrogens is 248 g/mol. The second-order valence-corrected chi connectivity index (χ2v) is 3.85. The van der Waals surface area contributed by atoms with Crippen molar-refractivity contribution in [1.29, 1.82) is 0 Å². The number of amides is 1. The number of alkyl carbamates (subject to hydrolysis) is 1. The lowest BCUT2D eigenvalue weighted by molar-refractivity contribution is -0.104. The van der Waals surface area contributed by atoms with Crippen molar-refractivity contribution in [3.63, 3.8) is 0 Å². The van der Waals surface area contributed by atoms with Crippen LogP contribution < -0.4 is 10.1 Å². The minimum atomic E-state index is -3.24. The van der Waals surface area contributed by atoms with Crippen LogP contribution in [0.5, 0.6) is 11.5 Å². The molecule has 1 heterocycles. The molecule has 1 aliphatic heterocycles. The maximum atomic E-state index is 13.6. The predicted octanol–water partition coefficient (Wildman–Crippen LogP) is 1.82. The van der Waals surface area contributed by atoms with Gasteiger partial charge < -0.3 is 19.9 Å². The molecule has 0 radical (unpaired) electrons. The van der Waals surface area contributed by atoms with E-state index < -0.39 is 24.7 Å². The molecule has 0 saturated carbocycles. The van der Waals surface area contributed by atoms with Gasteiger partial charge in [-0.2, -0.15) is 0 Å². The molecular formula is C11H11F2NO4. The standard InChI is InChI=1S/C11H11F2NO4/c1-17-8-3-2-6(4-7(8)15)9-11(12,13)5-18-10(16)14-9/h2-4,9,15H,5H2,1H3,(H,14,16)/t9-/m1/s1. The van der Waals surface area contributed by atoms with Gasteiger partial charge in [0.1, 0.15) is 6.04 Å². The average molecular weight is 259 g/mol. The lowest BCUT2D eigenvalue weighted by Gasteiger charge is -2.31. The maximum Gasteiger partial charge on any atom is 0.408 e. The first-order valence-electron chi connectivity index (χ1n) is 5.12. The van der Waals surface area contributed by atoms with E-state index in [0.29, 0.717) is 0 Å². The van der Waals surface area contributed by atoms with Crippen LogP contribution in [0.15, 0.2) is 18.2 Å². The lowest BCUT2D eigenvalue weighted by Crippen LogP contribution is -2.49. The number of alkyl halides is 2. The van der Waals surface area contributed by atoms with E-state index in [9.17, 15) is 18.7 Å². The smallest absolute Gasteiger partial charge is 0.408 e. The Balaban J connectivity index is 2.34. The van der Waals surface area contributed by atoms with E-state index in [-0.39, 0.29) is 17.1 Å². The third-order valence-corrected chi connectivity index (χ3v) is 2.62. The van der Waals surface area contributed by atoms with Crippen LogP contribution in [0, 0.1) is 0 Å². The number of hydrogen-bond donors (Lipinski definition) is 2. The number of ether oxygens (including phenoxy) is 2. The van der Waals surface area contributed by atoms with Gasteiger partial charge in [-0.15, -0.1) is 0 Å². The van der Waals surface area contributed by atoms with Gasteiger partial charge in [-0.05, 0) is 17.7 Å². The van der Waals surface area contributed by atoms with Gasteiger partial charge in [-0.1, -0.05) is 6.07 Å². The van der Waals surface area contributed by atoms with Crippen molar-refractivity contribution >= 4 is 6.09 Å². The summed E-state index contributed by atoms with van der Waals surface area (Å²) < 4.78 is 36.2. The van der Waals surface area contributed by atoms with Crippen molar-refractivity contribution in [2.75, 3.05) is 13.7 Å². The van der Waals surface area contributed by atoms with Crippen LogP contribution in [-0.2, 0) is 4.74 Å². The van der Waals surface area contributed by atoms with E-state index in [0.717, 1.165) is 6.07 Å². The number of phenolic OH excluding ortho intramolecular Hbond substituents is 1. The zero-order valence-corrected chi connectivity index (χ0v) is 9.44.